The molecule has 12 rings (SSSR count). The van der Waals surface area contributed by atoms with Crippen LogP contribution in [0.1, 0.15) is 33.4 Å². The first-order valence-corrected chi connectivity index (χ1v) is 19.2. The van der Waals surface area contributed by atoms with Gasteiger partial charge in [-0.3, -0.25) is 9.97 Å². The topological polar surface area (TPSA) is 83.2 Å². The zero-order chi connectivity index (χ0) is 37.1. The molecule has 6 aromatic carbocycles. The molecule has 0 atom stereocenters. The zero-order valence-corrected chi connectivity index (χ0v) is 30.4. The van der Waals surface area contributed by atoms with Gasteiger partial charge in [0.05, 0.1) is 85.9 Å². The molecule has 0 saturated heterocycles. The van der Waals surface area contributed by atoms with Crippen molar-refractivity contribution in [3.05, 3.63) is 191 Å². The monoisotopic (exact) mass is 730 g/mol. The number of fused-ring (bicyclic) bond motifs is 15. The smallest absolute Gasteiger partial charge is 0.0991 e. The van der Waals surface area contributed by atoms with Crippen LogP contribution in [0.2, 0.25) is 0 Å². The van der Waals surface area contributed by atoms with Crippen molar-refractivity contribution in [2.75, 3.05) is 0 Å². The van der Waals surface area contributed by atoms with Crippen LogP contribution in [0.15, 0.2) is 168 Å². The van der Waals surface area contributed by atoms with Crippen LogP contribution in [0.4, 0.5) is 0 Å². The minimum Gasteiger partial charge on any atom is -0.308 e. The zero-order valence-electron chi connectivity index (χ0n) is 29.6. The lowest BCUT2D eigenvalue weighted by molar-refractivity contribution is 0.718. The average Bonchev–Trinajstić information content (AvgIpc) is 3.87. The van der Waals surface area contributed by atoms with E-state index in [0.717, 1.165) is 77.5 Å². The average molecular weight is 731 g/mol. The molecule has 0 bridgehead atoms. The number of para-hydroxylation sites is 2. The summed E-state index contributed by atoms with van der Waals surface area (Å²) in [5, 5.41) is 23.8. The Hall–Kier alpha value is -7.45. The van der Waals surface area contributed by atoms with E-state index in [9.17, 15) is 10.5 Å². The van der Waals surface area contributed by atoms with Gasteiger partial charge in [0, 0.05) is 42.5 Å². The van der Waals surface area contributed by atoms with Crippen molar-refractivity contribution in [2.45, 2.75) is 15.2 Å². The van der Waals surface area contributed by atoms with Gasteiger partial charge in [-0.15, -0.1) is 0 Å². The van der Waals surface area contributed by atoms with Crippen molar-refractivity contribution in [3.63, 3.8) is 0 Å². The summed E-state index contributed by atoms with van der Waals surface area (Å²) in [6, 6.07) is 55.4. The van der Waals surface area contributed by atoms with Crippen molar-refractivity contribution in [1.29, 1.82) is 10.5 Å². The predicted molar refractivity (Wildman–Crippen MR) is 222 cm³/mol. The molecule has 56 heavy (non-hydrogen) atoms. The lowest BCUT2D eigenvalue weighted by atomic mass is 9.67. The fraction of sp³-hybridized carbons (Fsp3) is 0.0204. The van der Waals surface area contributed by atoms with E-state index in [1.54, 1.807) is 0 Å². The molecule has 7 heteroatoms. The molecule has 2 aliphatic rings. The van der Waals surface area contributed by atoms with Crippen LogP contribution in [0.25, 0.3) is 66.4 Å². The van der Waals surface area contributed by atoms with Crippen LogP contribution < -0.4 is 0 Å². The van der Waals surface area contributed by atoms with Crippen molar-refractivity contribution in [1.82, 2.24) is 19.1 Å². The molecule has 6 nitrogen and oxygen atoms in total. The largest absolute Gasteiger partial charge is 0.308 e. The number of hydrogen-bond acceptors (Lipinski definition) is 5. The molecule has 1 aliphatic carbocycles. The second kappa shape index (κ2) is 11.3. The highest BCUT2D eigenvalue weighted by Crippen LogP contribution is 2.62. The Labute approximate surface area is 325 Å². The van der Waals surface area contributed by atoms with E-state index in [2.05, 4.69) is 118 Å². The van der Waals surface area contributed by atoms with Gasteiger partial charge in [0.15, 0.2) is 0 Å². The Balaban J connectivity index is 1.19. The molecule has 0 saturated carbocycles. The van der Waals surface area contributed by atoms with E-state index in [0.29, 0.717) is 11.1 Å². The lowest BCUT2D eigenvalue weighted by Crippen LogP contribution is -2.32. The van der Waals surface area contributed by atoms with Gasteiger partial charge in [-0.25, -0.2) is 0 Å². The normalized spacial score (nSPS) is 13.4. The van der Waals surface area contributed by atoms with E-state index < -0.39 is 5.41 Å². The van der Waals surface area contributed by atoms with Gasteiger partial charge in [0.25, 0.3) is 0 Å². The van der Waals surface area contributed by atoms with Gasteiger partial charge in [-0.1, -0.05) is 84.6 Å². The van der Waals surface area contributed by atoms with Crippen LogP contribution in [0, 0.1) is 22.7 Å². The summed E-state index contributed by atoms with van der Waals surface area (Å²) in [5.74, 6) is 0. The Morgan fingerprint density at radius 1 is 0.446 bits per heavy atom. The summed E-state index contributed by atoms with van der Waals surface area (Å²) in [5.41, 5.74) is 12.8. The molecular weight excluding hydrogens is 705 g/mol. The lowest BCUT2D eigenvalue weighted by Gasteiger charge is -2.39. The summed E-state index contributed by atoms with van der Waals surface area (Å²) in [4.78, 5) is 13.1. The summed E-state index contributed by atoms with van der Waals surface area (Å²) in [7, 11) is 0. The molecule has 0 fully saturated rings. The highest BCUT2D eigenvalue weighted by atomic mass is 32.2. The van der Waals surface area contributed by atoms with Gasteiger partial charge in [-0.2, -0.15) is 10.5 Å². The fourth-order valence-electron chi connectivity index (χ4n) is 9.46. The predicted octanol–water partition coefficient (Wildman–Crippen LogP) is 11.2. The summed E-state index contributed by atoms with van der Waals surface area (Å²) < 4.78 is 4.55. The van der Waals surface area contributed by atoms with Crippen molar-refractivity contribution in [2.24, 2.45) is 0 Å². The molecule has 0 radical (unpaired) electrons. The SMILES string of the molecule is N#Cc1ccc2c(c1)c1ccccc1n2-c1cnc2c(c1)C1(c3ccccc3Sc3ccccc31)c1cc(-n3c4ccccc4c4cc(C#N)ccc43)cnc1-2. The van der Waals surface area contributed by atoms with Crippen LogP contribution >= 0.6 is 11.8 Å². The second-order valence-corrected chi connectivity index (χ2v) is 15.5. The summed E-state index contributed by atoms with van der Waals surface area (Å²) >= 11 is 1.81. The standard InChI is InChI=1S/C49H26N6S/c50-25-29-17-19-43-35(21-29)33-9-1-5-13-41(33)54(43)31-23-39-47(52-27-31)48-40(49(39)37-11-3-7-15-45(37)56-46-16-8-4-12-38(46)49)24-32(28-53-48)55-42-14-6-2-10-34(42)36-22-30(26-51)18-20-44(36)55/h1-24,27-28H. The Kier molecular flexibility index (Phi) is 6.24. The quantitative estimate of drug-likeness (QED) is 0.177. The van der Waals surface area contributed by atoms with E-state index in [1.807, 2.05) is 72.7 Å². The molecule has 1 spiro atoms. The molecule has 4 aromatic heterocycles. The van der Waals surface area contributed by atoms with Gasteiger partial charge >= 0.3 is 0 Å². The maximum atomic E-state index is 9.80. The number of pyridine rings is 2. The molecule has 0 N–H and O–H groups in total. The number of hydrogen-bond donors (Lipinski definition) is 0. The molecular formula is C49H26N6S. The number of rotatable bonds is 2. The van der Waals surface area contributed by atoms with Crippen molar-refractivity contribution in [3.8, 4) is 34.9 Å². The molecule has 1 aliphatic heterocycles. The third kappa shape index (κ3) is 3.94. The molecule has 0 unspecified atom stereocenters. The second-order valence-electron chi connectivity index (χ2n) is 14.4. The van der Waals surface area contributed by atoms with Crippen molar-refractivity contribution >= 4 is 55.4 Å². The summed E-state index contributed by atoms with van der Waals surface area (Å²) in [6.45, 7) is 0. The van der Waals surface area contributed by atoms with Crippen LogP contribution in [-0.4, -0.2) is 19.1 Å². The highest BCUT2D eigenvalue weighted by Gasteiger charge is 2.52. The minimum atomic E-state index is -0.728. The first-order chi connectivity index (χ1) is 27.7. The minimum absolute atomic E-state index is 0.630. The molecule has 10 aromatic rings. The number of benzene rings is 6. The number of nitrogens with zero attached hydrogens (tertiary/aromatic N) is 6. The van der Waals surface area contributed by atoms with Gasteiger partial charge < -0.3 is 9.13 Å². The summed E-state index contributed by atoms with van der Waals surface area (Å²) in [6.07, 6.45) is 3.94. The molecule has 5 heterocycles. The first-order valence-electron chi connectivity index (χ1n) is 18.4. The maximum Gasteiger partial charge on any atom is 0.0991 e. The molecule has 258 valence electrons. The van der Waals surface area contributed by atoms with E-state index in [-0.39, 0.29) is 0 Å². The van der Waals surface area contributed by atoms with Gasteiger partial charge in [0.1, 0.15) is 0 Å². The van der Waals surface area contributed by atoms with E-state index in [4.69, 9.17) is 9.97 Å². The third-order valence-electron chi connectivity index (χ3n) is 11.7. The molecule has 0 amide bonds. The van der Waals surface area contributed by atoms with Crippen LogP contribution in [0.3, 0.4) is 0 Å². The fourth-order valence-corrected chi connectivity index (χ4v) is 10.7. The number of nitriles is 2. The van der Waals surface area contributed by atoms with E-state index >= 15 is 0 Å². The first kappa shape index (κ1) is 31.0. The maximum absolute atomic E-state index is 9.80. The van der Waals surface area contributed by atoms with Crippen molar-refractivity contribution < 1.29 is 0 Å². The van der Waals surface area contributed by atoms with Crippen LogP contribution in [-0.2, 0) is 5.41 Å². The third-order valence-corrected chi connectivity index (χ3v) is 12.9. The Bertz CT molecular complexity index is 3220. The number of aromatic nitrogens is 4. The Morgan fingerprint density at radius 3 is 1.36 bits per heavy atom. The highest BCUT2D eigenvalue weighted by molar-refractivity contribution is 7.99. The van der Waals surface area contributed by atoms with E-state index in [1.165, 1.54) is 20.9 Å². The van der Waals surface area contributed by atoms with Crippen LogP contribution in [0.5, 0.6) is 0 Å². The Morgan fingerprint density at radius 2 is 0.875 bits per heavy atom. The van der Waals surface area contributed by atoms with Gasteiger partial charge in [0.2, 0.25) is 0 Å². The van der Waals surface area contributed by atoms with Gasteiger partial charge in [-0.05, 0) is 83.9 Å².